The van der Waals surface area contributed by atoms with E-state index in [4.69, 9.17) is 0 Å². The maximum atomic E-state index is 11.3. The first-order valence-corrected chi connectivity index (χ1v) is 9.41. The predicted octanol–water partition coefficient (Wildman–Crippen LogP) is 2.90. The van der Waals surface area contributed by atoms with Crippen LogP contribution in [0.3, 0.4) is 0 Å². The van der Waals surface area contributed by atoms with Crippen molar-refractivity contribution in [1.29, 1.82) is 0 Å². The molecule has 1 atom stereocenters. The fourth-order valence-corrected chi connectivity index (χ4v) is 3.32. The molecule has 0 aliphatic carbocycles. The third-order valence-corrected chi connectivity index (χ3v) is 4.64. The van der Waals surface area contributed by atoms with Gasteiger partial charge in [-0.2, -0.15) is 4.98 Å². The average Bonchev–Trinajstić information content (AvgIpc) is 3.06. The number of hydrogen-bond donors (Lipinski definition) is 3. The molecule has 1 amide bonds. The van der Waals surface area contributed by atoms with Gasteiger partial charge < -0.3 is 20.6 Å². The van der Waals surface area contributed by atoms with Crippen LogP contribution in [0.2, 0.25) is 0 Å². The van der Waals surface area contributed by atoms with Crippen LogP contribution in [-0.2, 0) is 11.2 Å². The highest BCUT2D eigenvalue weighted by atomic mass is 16.3. The lowest BCUT2D eigenvalue weighted by atomic mass is 10.2. The number of carbonyl (C=O) groups excluding carboxylic acids is 1. The molecule has 7 nitrogen and oxygen atoms in total. The number of hydrogen-bond acceptors (Lipinski definition) is 6. The van der Waals surface area contributed by atoms with E-state index in [1.165, 1.54) is 0 Å². The van der Waals surface area contributed by atoms with Gasteiger partial charge in [0.15, 0.2) is 0 Å². The number of aromatic hydroxyl groups is 1. The Hall–Kier alpha value is -2.83. The summed E-state index contributed by atoms with van der Waals surface area (Å²) in [7, 11) is 0. The van der Waals surface area contributed by atoms with Crippen LogP contribution in [0.5, 0.6) is 5.75 Å². The molecule has 7 heteroatoms. The predicted molar refractivity (Wildman–Crippen MR) is 107 cm³/mol. The van der Waals surface area contributed by atoms with Crippen LogP contribution >= 0.6 is 0 Å². The second kappa shape index (κ2) is 8.24. The minimum absolute atomic E-state index is 0.00117. The molecule has 2 aromatic rings. The third kappa shape index (κ3) is 4.87. The molecule has 0 spiro atoms. The fourth-order valence-electron chi connectivity index (χ4n) is 3.32. The number of phenols is 1. The molecule has 1 aromatic heterocycles. The van der Waals surface area contributed by atoms with E-state index in [1.807, 2.05) is 19.1 Å². The summed E-state index contributed by atoms with van der Waals surface area (Å²) in [6.07, 6.45) is 2.79. The maximum Gasteiger partial charge on any atom is 0.229 e. The number of nitrogens with zero attached hydrogens (tertiary/aromatic N) is 3. The van der Waals surface area contributed by atoms with Crippen molar-refractivity contribution >= 4 is 23.4 Å². The molecular formula is C20H27N5O2. The van der Waals surface area contributed by atoms with Crippen molar-refractivity contribution in [2.24, 2.45) is 0 Å². The van der Waals surface area contributed by atoms with Gasteiger partial charge in [0.2, 0.25) is 11.9 Å². The quantitative estimate of drug-likeness (QED) is 0.679. The summed E-state index contributed by atoms with van der Waals surface area (Å²) in [6, 6.07) is 7.52. The van der Waals surface area contributed by atoms with Crippen molar-refractivity contribution in [1.82, 2.24) is 15.3 Å². The molecule has 1 aliphatic rings. The summed E-state index contributed by atoms with van der Waals surface area (Å²) in [6.45, 7) is 7.13. The molecular weight excluding hydrogens is 342 g/mol. The van der Waals surface area contributed by atoms with Gasteiger partial charge in [-0.25, -0.2) is 4.98 Å². The van der Waals surface area contributed by atoms with Crippen molar-refractivity contribution in [3.63, 3.8) is 0 Å². The highest BCUT2D eigenvalue weighted by Gasteiger charge is 2.24. The number of rotatable bonds is 6. The van der Waals surface area contributed by atoms with Crippen molar-refractivity contribution in [2.75, 3.05) is 23.3 Å². The zero-order valence-corrected chi connectivity index (χ0v) is 16.1. The highest BCUT2D eigenvalue weighted by Crippen LogP contribution is 2.25. The Morgan fingerprint density at radius 1 is 1.33 bits per heavy atom. The Bertz CT molecular complexity index is 824. The lowest BCUT2D eigenvalue weighted by Gasteiger charge is -2.19. The summed E-state index contributed by atoms with van der Waals surface area (Å²) in [5.41, 5.74) is 2.62. The number of amides is 1. The minimum Gasteiger partial charge on any atom is -0.508 e. The van der Waals surface area contributed by atoms with Gasteiger partial charge in [0.05, 0.1) is 0 Å². The van der Waals surface area contributed by atoms with Crippen molar-refractivity contribution < 1.29 is 9.90 Å². The Morgan fingerprint density at radius 3 is 2.85 bits per heavy atom. The number of aryl methyl sites for hydroxylation is 2. The number of nitrogens with one attached hydrogen (secondary N) is 2. The standard InChI is InChI=1S/C20H27N5O2/c1-4-5-15-11-19(25-9-8-17(12-25)21-14(3)26)24-20(22-15)23-16-6-7-18(27)13(2)10-16/h6-7,10-11,17,27H,4-5,8-9,12H2,1-3H3,(H,21,26)(H,22,23,24). The number of aromatic nitrogens is 2. The van der Waals surface area contributed by atoms with Gasteiger partial charge in [-0.1, -0.05) is 13.3 Å². The number of phenolic OH excluding ortho intramolecular Hbond substituents is 1. The lowest BCUT2D eigenvalue weighted by Crippen LogP contribution is -2.35. The fraction of sp³-hybridized carbons (Fsp3) is 0.450. The van der Waals surface area contributed by atoms with Crippen LogP contribution in [0.4, 0.5) is 17.5 Å². The van der Waals surface area contributed by atoms with E-state index in [1.54, 1.807) is 19.1 Å². The van der Waals surface area contributed by atoms with E-state index in [9.17, 15) is 9.90 Å². The molecule has 1 aromatic carbocycles. The summed E-state index contributed by atoms with van der Waals surface area (Å²) >= 11 is 0. The second-order valence-corrected chi connectivity index (χ2v) is 7.05. The number of carbonyl (C=O) groups is 1. The monoisotopic (exact) mass is 369 g/mol. The summed E-state index contributed by atoms with van der Waals surface area (Å²) in [5, 5.41) is 15.9. The SMILES string of the molecule is CCCc1cc(N2CCC(NC(C)=O)C2)nc(Nc2ccc(O)c(C)c2)n1. The zero-order chi connectivity index (χ0) is 19.4. The van der Waals surface area contributed by atoms with Gasteiger partial charge in [0.1, 0.15) is 11.6 Å². The van der Waals surface area contributed by atoms with Crippen LogP contribution in [0.1, 0.15) is 37.9 Å². The van der Waals surface area contributed by atoms with Gasteiger partial charge in [-0.05, 0) is 43.5 Å². The Kier molecular flexibility index (Phi) is 5.78. The smallest absolute Gasteiger partial charge is 0.229 e. The van der Waals surface area contributed by atoms with Gasteiger partial charge in [-0.15, -0.1) is 0 Å². The summed E-state index contributed by atoms with van der Waals surface area (Å²) in [5.74, 6) is 1.69. The van der Waals surface area contributed by atoms with E-state index in [0.29, 0.717) is 5.95 Å². The van der Waals surface area contributed by atoms with Crippen molar-refractivity contribution in [3.05, 3.63) is 35.5 Å². The lowest BCUT2D eigenvalue weighted by molar-refractivity contribution is -0.119. The molecule has 0 radical (unpaired) electrons. The molecule has 3 N–H and O–H groups in total. The molecule has 1 aliphatic heterocycles. The first-order chi connectivity index (χ1) is 12.9. The molecule has 27 heavy (non-hydrogen) atoms. The van der Waals surface area contributed by atoms with Crippen LogP contribution in [0, 0.1) is 6.92 Å². The molecule has 1 fully saturated rings. The number of benzene rings is 1. The van der Waals surface area contributed by atoms with Gasteiger partial charge in [0.25, 0.3) is 0 Å². The van der Waals surface area contributed by atoms with Gasteiger partial charge >= 0.3 is 0 Å². The Balaban J connectivity index is 1.82. The number of anilines is 3. The van der Waals surface area contributed by atoms with E-state index in [-0.39, 0.29) is 17.7 Å². The largest absolute Gasteiger partial charge is 0.508 e. The van der Waals surface area contributed by atoms with Crippen LogP contribution in [0.25, 0.3) is 0 Å². The molecule has 3 rings (SSSR count). The molecule has 1 saturated heterocycles. The van der Waals surface area contributed by atoms with Crippen molar-refractivity contribution in [3.8, 4) is 5.75 Å². The molecule has 0 bridgehead atoms. The normalized spacial score (nSPS) is 16.4. The molecule has 1 unspecified atom stereocenters. The van der Waals surface area contributed by atoms with Crippen molar-refractivity contribution in [2.45, 2.75) is 46.1 Å². The summed E-state index contributed by atoms with van der Waals surface area (Å²) < 4.78 is 0. The minimum atomic E-state index is 0.00117. The topological polar surface area (TPSA) is 90.4 Å². The van der Waals surface area contributed by atoms with Crippen LogP contribution in [0.15, 0.2) is 24.3 Å². The Morgan fingerprint density at radius 2 is 2.15 bits per heavy atom. The van der Waals surface area contributed by atoms with E-state index in [0.717, 1.165) is 55.1 Å². The second-order valence-electron chi connectivity index (χ2n) is 7.05. The average molecular weight is 369 g/mol. The first kappa shape index (κ1) is 18.9. The molecule has 0 saturated carbocycles. The Labute approximate surface area is 159 Å². The van der Waals surface area contributed by atoms with E-state index in [2.05, 4.69) is 32.4 Å². The first-order valence-electron chi connectivity index (χ1n) is 9.41. The highest BCUT2D eigenvalue weighted by molar-refractivity contribution is 5.73. The maximum absolute atomic E-state index is 11.3. The third-order valence-electron chi connectivity index (χ3n) is 4.64. The molecule has 2 heterocycles. The molecule has 144 valence electrons. The van der Waals surface area contributed by atoms with Crippen LogP contribution in [-0.4, -0.2) is 40.1 Å². The zero-order valence-electron chi connectivity index (χ0n) is 16.1. The van der Waals surface area contributed by atoms with Gasteiger partial charge in [0, 0.05) is 43.5 Å². The summed E-state index contributed by atoms with van der Waals surface area (Å²) in [4.78, 5) is 22.8. The van der Waals surface area contributed by atoms with E-state index < -0.39 is 0 Å². The van der Waals surface area contributed by atoms with E-state index >= 15 is 0 Å². The van der Waals surface area contributed by atoms with Gasteiger partial charge in [-0.3, -0.25) is 4.79 Å². The van der Waals surface area contributed by atoms with Crippen LogP contribution < -0.4 is 15.5 Å².